The summed E-state index contributed by atoms with van der Waals surface area (Å²) in [7, 11) is 0. The Labute approximate surface area is 119 Å². The van der Waals surface area contributed by atoms with Crippen LogP contribution in [0.1, 0.15) is 16.2 Å². The maximum Gasteiger partial charge on any atom is 0.251 e. The predicted octanol–water partition coefficient (Wildman–Crippen LogP) is 0.504. The number of aromatic nitrogens is 3. The second-order valence-corrected chi connectivity index (χ2v) is 4.34. The van der Waals surface area contributed by atoms with Crippen molar-refractivity contribution in [2.45, 2.75) is 6.54 Å². The van der Waals surface area contributed by atoms with Crippen molar-refractivity contribution < 1.29 is 9.59 Å². The average Bonchev–Trinajstić information content (AvgIpc) is 2.95. The number of rotatable bonds is 5. The number of hydrogen-bond acceptors (Lipinski definition) is 4. The molecular weight excluding hydrogens is 282 g/mol. The number of amides is 2. The van der Waals surface area contributed by atoms with Gasteiger partial charge in [-0.15, -0.1) is 0 Å². The minimum Gasteiger partial charge on any atom is -0.347 e. The molecule has 7 nitrogen and oxygen atoms in total. The Bertz CT molecular complexity index is 600. The summed E-state index contributed by atoms with van der Waals surface area (Å²) in [5.41, 5.74) is 0.403. The minimum absolute atomic E-state index is 0.126. The second-order valence-electron chi connectivity index (χ2n) is 3.90. The molecule has 2 rings (SSSR count). The van der Waals surface area contributed by atoms with Crippen LogP contribution in [0.25, 0.3) is 0 Å². The first-order chi connectivity index (χ1) is 9.65. The van der Waals surface area contributed by atoms with Crippen molar-refractivity contribution in [3.63, 3.8) is 0 Å². The fraction of sp³-hybridized carbons (Fsp3) is 0.167. The molecule has 0 saturated carbocycles. The lowest BCUT2D eigenvalue weighted by Gasteiger charge is -2.06. The Morgan fingerprint density at radius 3 is 2.85 bits per heavy atom. The van der Waals surface area contributed by atoms with Crippen LogP contribution in [-0.2, 0) is 11.3 Å². The van der Waals surface area contributed by atoms with Gasteiger partial charge in [0.25, 0.3) is 5.91 Å². The maximum atomic E-state index is 11.8. The van der Waals surface area contributed by atoms with E-state index in [-0.39, 0.29) is 24.9 Å². The Balaban J connectivity index is 1.77. The van der Waals surface area contributed by atoms with Gasteiger partial charge in [0.15, 0.2) is 0 Å². The van der Waals surface area contributed by atoms with Crippen LogP contribution in [0.2, 0.25) is 5.02 Å². The van der Waals surface area contributed by atoms with Crippen molar-refractivity contribution in [2.75, 3.05) is 6.54 Å². The van der Waals surface area contributed by atoms with Crippen molar-refractivity contribution in [3.05, 3.63) is 47.0 Å². The van der Waals surface area contributed by atoms with Gasteiger partial charge in [-0.1, -0.05) is 17.7 Å². The zero-order chi connectivity index (χ0) is 14.4. The van der Waals surface area contributed by atoms with Crippen LogP contribution in [0.5, 0.6) is 0 Å². The van der Waals surface area contributed by atoms with Gasteiger partial charge in [-0.05, 0) is 18.2 Å². The van der Waals surface area contributed by atoms with Crippen LogP contribution in [0, 0.1) is 0 Å². The predicted molar refractivity (Wildman–Crippen MR) is 72.0 cm³/mol. The number of aromatic amines is 1. The van der Waals surface area contributed by atoms with E-state index in [0.29, 0.717) is 16.4 Å². The van der Waals surface area contributed by atoms with E-state index in [1.165, 1.54) is 12.4 Å². The molecule has 0 aliphatic heterocycles. The molecule has 2 amide bonds. The molecule has 0 radical (unpaired) electrons. The fourth-order valence-electron chi connectivity index (χ4n) is 1.45. The third-order valence-corrected chi connectivity index (χ3v) is 2.65. The first kappa shape index (κ1) is 14.0. The molecule has 1 aromatic carbocycles. The number of H-pyrrole nitrogens is 1. The van der Waals surface area contributed by atoms with Crippen molar-refractivity contribution in [3.8, 4) is 0 Å². The highest BCUT2D eigenvalue weighted by molar-refractivity contribution is 6.30. The first-order valence-corrected chi connectivity index (χ1v) is 6.17. The Morgan fingerprint density at radius 2 is 2.15 bits per heavy atom. The van der Waals surface area contributed by atoms with E-state index < -0.39 is 0 Å². The van der Waals surface area contributed by atoms with Crippen LogP contribution in [0.15, 0.2) is 30.6 Å². The van der Waals surface area contributed by atoms with Gasteiger partial charge in [-0.3, -0.25) is 14.7 Å². The summed E-state index contributed by atoms with van der Waals surface area (Å²) < 4.78 is 0. The lowest BCUT2D eigenvalue weighted by molar-refractivity contribution is -0.120. The summed E-state index contributed by atoms with van der Waals surface area (Å²) in [4.78, 5) is 27.1. The Morgan fingerprint density at radius 1 is 1.30 bits per heavy atom. The number of nitrogens with one attached hydrogen (secondary N) is 3. The maximum absolute atomic E-state index is 11.8. The molecule has 0 bridgehead atoms. The molecule has 0 fully saturated rings. The van der Waals surface area contributed by atoms with Gasteiger partial charge >= 0.3 is 0 Å². The van der Waals surface area contributed by atoms with Crippen molar-refractivity contribution in [1.82, 2.24) is 25.8 Å². The van der Waals surface area contributed by atoms with E-state index in [0.717, 1.165) is 0 Å². The molecule has 1 aromatic heterocycles. The summed E-state index contributed by atoms with van der Waals surface area (Å²) >= 11 is 5.78. The van der Waals surface area contributed by atoms with E-state index in [2.05, 4.69) is 25.8 Å². The molecule has 20 heavy (non-hydrogen) atoms. The summed E-state index contributed by atoms with van der Waals surface area (Å²) in [6.45, 7) is 0.103. The monoisotopic (exact) mass is 293 g/mol. The van der Waals surface area contributed by atoms with E-state index in [1.807, 2.05) is 0 Å². The third kappa shape index (κ3) is 4.06. The number of halogens is 1. The van der Waals surface area contributed by atoms with Crippen molar-refractivity contribution >= 4 is 23.4 Å². The molecule has 0 spiro atoms. The molecule has 0 atom stereocenters. The van der Waals surface area contributed by atoms with Crippen LogP contribution in [0.4, 0.5) is 0 Å². The van der Waals surface area contributed by atoms with Crippen LogP contribution < -0.4 is 10.6 Å². The van der Waals surface area contributed by atoms with Gasteiger partial charge in [0.05, 0.1) is 13.1 Å². The number of nitrogens with zero attached hydrogens (tertiary/aromatic N) is 2. The van der Waals surface area contributed by atoms with Crippen LogP contribution in [-0.4, -0.2) is 33.5 Å². The molecule has 0 aliphatic rings. The SMILES string of the molecule is O=C(CNC(=O)c1cccc(Cl)c1)NCc1ncn[nH]1. The molecule has 1 heterocycles. The molecule has 0 saturated heterocycles. The summed E-state index contributed by atoms with van der Waals surface area (Å²) in [5, 5.41) is 11.8. The molecule has 0 aliphatic carbocycles. The first-order valence-electron chi connectivity index (χ1n) is 5.80. The van der Waals surface area contributed by atoms with Crippen molar-refractivity contribution in [2.24, 2.45) is 0 Å². The molecule has 104 valence electrons. The number of carbonyl (C=O) groups excluding carboxylic acids is 2. The zero-order valence-electron chi connectivity index (χ0n) is 10.4. The van der Waals surface area contributed by atoms with Gasteiger partial charge in [-0.25, -0.2) is 4.98 Å². The second kappa shape index (κ2) is 6.67. The third-order valence-electron chi connectivity index (χ3n) is 2.41. The van der Waals surface area contributed by atoms with Crippen LogP contribution >= 0.6 is 11.6 Å². The average molecular weight is 294 g/mol. The molecule has 0 unspecified atom stereocenters. The highest BCUT2D eigenvalue weighted by atomic mass is 35.5. The highest BCUT2D eigenvalue weighted by Crippen LogP contribution is 2.10. The number of hydrogen-bond donors (Lipinski definition) is 3. The standard InChI is InChI=1S/C12H12ClN5O2/c13-9-3-1-2-8(4-9)12(20)15-6-11(19)14-5-10-16-7-17-18-10/h1-4,7H,5-6H2,(H,14,19)(H,15,20)(H,16,17,18). The quantitative estimate of drug-likeness (QED) is 0.747. The highest BCUT2D eigenvalue weighted by Gasteiger charge is 2.08. The fourth-order valence-corrected chi connectivity index (χ4v) is 1.64. The molecule has 3 N–H and O–H groups in total. The lowest BCUT2D eigenvalue weighted by atomic mass is 10.2. The zero-order valence-corrected chi connectivity index (χ0v) is 11.1. The molecule has 8 heteroatoms. The van der Waals surface area contributed by atoms with Crippen molar-refractivity contribution in [1.29, 1.82) is 0 Å². The minimum atomic E-state index is -0.359. The van der Waals surface area contributed by atoms with Gasteiger partial charge < -0.3 is 10.6 Å². The van der Waals surface area contributed by atoms with E-state index in [4.69, 9.17) is 11.6 Å². The van der Waals surface area contributed by atoms with Gasteiger partial charge in [-0.2, -0.15) is 5.10 Å². The van der Waals surface area contributed by atoms with Gasteiger partial charge in [0, 0.05) is 10.6 Å². The summed E-state index contributed by atoms with van der Waals surface area (Å²) in [6, 6.07) is 6.49. The normalized spacial score (nSPS) is 10.1. The Hall–Kier alpha value is -2.41. The van der Waals surface area contributed by atoms with E-state index >= 15 is 0 Å². The van der Waals surface area contributed by atoms with Gasteiger partial charge in [0.2, 0.25) is 5.91 Å². The number of benzene rings is 1. The Kier molecular flexibility index (Phi) is 4.67. The number of carbonyl (C=O) groups is 2. The molecule has 2 aromatic rings. The topological polar surface area (TPSA) is 99.8 Å². The summed E-state index contributed by atoms with van der Waals surface area (Å²) in [5.74, 6) is -0.140. The van der Waals surface area contributed by atoms with Gasteiger partial charge in [0.1, 0.15) is 12.2 Å². The summed E-state index contributed by atoms with van der Waals surface area (Å²) in [6.07, 6.45) is 1.35. The van der Waals surface area contributed by atoms with E-state index in [1.54, 1.807) is 18.2 Å². The van der Waals surface area contributed by atoms with Crippen LogP contribution in [0.3, 0.4) is 0 Å². The smallest absolute Gasteiger partial charge is 0.251 e. The largest absolute Gasteiger partial charge is 0.347 e. The lowest BCUT2D eigenvalue weighted by Crippen LogP contribution is -2.36. The molecular formula is C12H12ClN5O2. The van der Waals surface area contributed by atoms with E-state index in [9.17, 15) is 9.59 Å².